The van der Waals surface area contributed by atoms with Crippen molar-refractivity contribution in [1.82, 2.24) is 4.57 Å². The third kappa shape index (κ3) is 6.30. The molecule has 1 aromatic heterocycles. The molecule has 0 saturated heterocycles. The highest BCUT2D eigenvalue weighted by molar-refractivity contribution is 7.07. The van der Waals surface area contributed by atoms with Gasteiger partial charge in [-0.3, -0.25) is 9.36 Å². The molecule has 8 nitrogen and oxygen atoms in total. The van der Waals surface area contributed by atoms with Gasteiger partial charge in [-0.15, -0.1) is 6.58 Å². The van der Waals surface area contributed by atoms with Gasteiger partial charge in [-0.2, -0.15) is 0 Å². The predicted molar refractivity (Wildman–Crippen MR) is 161 cm³/mol. The van der Waals surface area contributed by atoms with Crippen LogP contribution < -0.4 is 29.1 Å². The monoisotopic (exact) mass is 576 g/mol. The van der Waals surface area contributed by atoms with E-state index in [1.807, 2.05) is 57.2 Å². The Morgan fingerprint density at radius 2 is 1.88 bits per heavy atom. The van der Waals surface area contributed by atoms with E-state index < -0.39 is 12.0 Å². The standard InChI is InChI=1S/C32H36N2O6S/c1-8-11-22-16-21(12-14-24(22)38-9-2)17-27-30(35)34-29(23-13-15-25(40-19(4)5)26(18-23)37-7)28(31(36)39-10-3)20(6)33-32(34)41-27/h8,12-19,29H,1,9-11H2,2-7H3/b27-17-/t29-/m1/s1. The van der Waals surface area contributed by atoms with Crippen molar-refractivity contribution in [3.8, 4) is 17.2 Å². The fourth-order valence-electron chi connectivity index (χ4n) is 4.76. The Morgan fingerprint density at radius 1 is 1.12 bits per heavy atom. The first-order valence-electron chi connectivity index (χ1n) is 13.6. The summed E-state index contributed by atoms with van der Waals surface area (Å²) in [7, 11) is 1.56. The van der Waals surface area contributed by atoms with Crippen LogP contribution in [0.1, 0.15) is 57.4 Å². The first-order valence-corrected chi connectivity index (χ1v) is 14.4. The van der Waals surface area contributed by atoms with Crippen molar-refractivity contribution >= 4 is 23.4 Å². The largest absolute Gasteiger partial charge is 0.494 e. The first-order chi connectivity index (χ1) is 19.7. The highest BCUT2D eigenvalue weighted by Gasteiger charge is 2.34. The van der Waals surface area contributed by atoms with Gasteiger partial charge in [0.05, 0.1) is 48.3 Å². The lowest BCUT2D eigenvalue weighted by atomic mass is 9.95. The van der Waals surface area contributed by atoms with Crippen LogP contribution in [0, 0.1) is 0 Å². The molecule has 1 aliphatic heterocycles. The van der Waals surface area contributed by atoms with Crippen LogP contribution in [0.2, 0.25) is 0 Å². The molecule has 41 heavy (non-hydrogen) atoms. The number of thiazole rings is 1. The van der Waals surface area contributed by atoms with Gasteiger partial charge in [0, 0.05) is 0 Å². The fourth-order valence-corrected chi connectivity index (χ4v) is 5.81. The fraction of sp³-hybridized carbons (Fsp3) is 0.344. The molecule has 0 unspecified atom stereocenters. The molecule has 0 fully saturated rings. The number of carbonyl (C=O) groups excluding carboxylic acids is 1. The number of hydrogen-bond donors (Lipinski definition) is 0. The lowest BCUT2D eigenvalue weighted by Gasteiger charge is -2.25. The molecule has 0 radical (unpaired) electrons. The zero-order valence-electron chi connectivity index (χ0n) is 24.4. The first kappa shape index (κ1) is 29.9. The van der Waals surface area contributed by atoms with Crippen molar-refractivity contribution < 1.29 is 23.7 Å². The number of benzene rings is 2. The summed E-state index contributed by atoms with van der Waals surface area (Å²) in [4.78, 5) is 32.4. The number of allylic oxidation sites excluding steroid dienone is 2. The Balaban J connectivity index is 1.91. The third-order valence-corrected chi connectivity index (χ3v) is 7.41. The van der Waals surface area contributed by atoms with Gasteiger partial charge in [0.1, 0.15) is 5.75 Å². The molecular weight excluding hydrogens is 540 g/mol. The van der Waals surface area contributed by atoms with E-state index in [0.29, 0.717) is 50.7 Å². The van der Waals surface area contributed by atoms with Crippen molar-refractivity contribution in [2.75, 3.05) is 20.3 Å². The number of aromatic nitrogens is 1. The maximum absolute atomic E-state index is 14.0. The number of rotatable bonds is 11. The Morgan fingerprint density at radius 3 is 2.54 bits per heavy atom. The average Bonchev–Trinajstić information content (AvgIpc) is 3.23. The molecule has 0 saturated carbocycles. The highest BCUT2D eigenvalue weighted by Crippen LogP contribution is 2.36. The van der Waals surface area contributed by atoms with Crippen molar-refractivity contribution in [2.24, 2.45) is 4.99 Å². The Hall–Kier alpha value is -4.11. The van der Waals surface area contributed by atoms with Crippen LogP contribution in [0.3, 0.4) is 0 Å². The average molecular weight is 577 g/mol. The molecule has 1 atom stereocenters. The summed E-state index contributed by atoms with van der Waals surface area (Å²) in [5.74, 6) is 1.35. The zero-order valence-corrected chi connectivity index (χ0v) is 25.2. The maximum atomic E-state index is 14.0. The van der Waals surface area contributed by atoms with Gasteiger partial charge in [-0.25, -0.2) is 9.79 Å². The van der Waals surface area contributed by atoms with E-state index in [4.69, 9.17) is 18.9 Å². The summed E-state index contributed by atoms with van der Waals surface area (Å²) in [5.41, 5.74) is 3.06. The minimum atomic E-state index is -0.758. The van der Waals surface area contributed by atoms with Gasteiger partial charge in [0.15, 0.2) is 16.3 Å². The number of hydrogen-bond acceptors (Lipinski definition) is 8. The molecule has 0 N–H and O–H groups in total. The highest BCUT2D eigenvalue weighted by atomic mass is 32.1. The van der Waals surface area contributed by atoms with Crippen LogP contribution in [0.25, 0.3) is 6.08 Å². The number of ether oxygens (including phenoxy) is 4. The second-order valence-corrected chi connectivity index (χ2v) is 10.7. The molecule has 1 aliphatic rings. The summed E-state index contributed by atoms with van der Waals surface area (Å²) in [6.07, 6.45) is 4.24. The minimum Gasteiger partial charge on any atom is -0.494 e. The molecular formula is C32H36N2O6S. The van der Waals surface area contributed by atoms with Crippen molar-refractivity contribution in [3.05, 3.63) is 96.7 Å². The van der Waals surface area contributed by atoms with Crippen LogP contribution in [0.15, 0.2) is 70.1 Å². The molecule has 0 bridgehead atoms. The van der Waals surface area contributed by atoms with Gasteiger partial charge >= 0.3 is 5.97 Å². The number of nitrogens with zero attached hydrogens (tertiary/aromatic N) is 2. The molecule has 0 spiro atoms. The van der Waals surface area contributed by atoms with Crippen molar-refractivity contribution in [3.63, 3.8) is 0 Å². The van der Waals surface area contributed by atoms with E-state index in [2.05, 4.69) is 11.6 Å². The van der Waals surface area contributed by atoms with E-state index in [1.165, 1.54) is 11.3 Å². The van der Waals surface area contributed by atoms with Crippen LogP contribution in [-0.4, -0.2) is 37.0 Å². The molecule has 0 aliphatic carbocycles. The second kappa shape index (κ2) is 13.0. The summed E-state index contributed by atoms with van der Waals surface area (Å²) < 4.78 is 24.7. The maximum Gasteiger partial charge on any atom is 0.338 e. The Kier molecular flexibility index (Phi) is 9.50. The second-order valence-electron chi connectivity index (χ2n) is 9.67. The van der Waals surface area contributed by atoms with E-state index in [-0.39, 0.29) is 18.3 Å². The quantitative estimate of drug-likeness (QED) is 0.243. The van der Waals surface area contributed by atoms with E-state index in [9.17, 15) is 9.59 Å². The lowest BCUT2D eigenvalue weighted by molar-refractivity contribution is -0.139. The Labute approximate surface area is 243 Å². The van der Waals surface area contributed by atoms with Gasteiger partial charge < -0.3 is 18.9 Å². The number of fused-ring (bicyclic) bond motifs is 1. The van der Waals surface area contributed by atoms with Crippen LogP contribution in [0.5, 0.6) is 17.2 Å². The van der Waals surface area contributed by atoms with Gasteiger partial charge in [0.25, 0.3) is 5.56 Å². The molecule has 4 rings (SSSR count). The lowest BCUT2D eigenvalue weighted by Crippen LogP contribution is -2.40. The molecule has 216 valence electrons. The molecule has 9 heteroatoms. The van der Waals surface area contributed by atoms with Crippen molar-refractivity contribution in [2.45, 2.75) is 53.2 Å². The Bertz CT molecular complexity index is 1660. The minimum absolute atomic E-state index is 0.0562. The summed E-state index contributed by atoms with van der Waals surface area (Å²) in [6, 6.07) is 10.5. The number of methoxy groups -OCH3 is 1. The summed E-state index contributed by atoms with van der Waals surface area (Å²) in [6.45, 7) is 13.9. The van der Waals surface area contributed by atoms with E-state index in [1.54, 1.807) is 37.7 Å². The van der Waals surface area contributed by atoms with Crippen LogP contribution in [0.4, 0.5) is 0 Å². The van der Waals surface area contributed by atoms with Crippen molar-refractivity contribution in [1.29, 1.82) is 0 Å². The smallest absolute Gasteiger partial charge is 0.338 e. The predicted octanol–water partition coefficient (Wildman–Crippen LogP) is 4.72. The SMILES string of the molecule is C=CCc1cc(/C=c2\sc3n(c2=O)[C@H](c2ccc(OC(C)C)c(OC)c2)C(C(=O)OCC)=C(C)N=3)ccc1OCC. The zero-order chi connectivity index (χ0) is 29.7. The normalized spacial score (nSPS) is 14.9. The third-order valence-electron chi connectivity index (χ3n) is 6.43. The van der Waals surface area contributed by atoms with Gasteiger partial charge in [0.2, 0.25) is 0 Å². The van der Waals surface area contributed by atoms with Gasteiger partial charge in [-0.05, 0) is 88.1 Å². The van der Waals surface area contributed by atoms with Gasteiger partial charge in [-0.1, -0.05) is 29.5 Å². The van der Waals surface area contributed by atoms with Crippen LogP contribution >= 0.6 is 11.3 Å². The summed E-state index contributed by atoms with van der Waals surface area (Å²) >= 11 is 1.28. The topological polar surface area (TPSA) is 88.4 Å². The van der Waals surface area contributed by atoms with E-state index >= 15 is 0 Å². The summed E-state index contributed by atoms with van der Waals surface area (Å²) in [5, 5.41) is 0. The molecule has 3 aromatic rings. The number of carbonyl (C=O) groups is 1. The molecule has 0 amide bonds. The molecule has 2 heterocycles. The number of esters is 1. The van der Waals surface area contributed by atoms with Crippen LogP contribution in [-0.2, 0) is 16.0 Å². The molecule has 2 aromatic carbocycles. The van der Waals surface area contributed by atoms with E-state index in [0.717, 1.165) is 16.9 Å².